The van der Waals surface area contributed by atoms with Crippen molar-refractivity contribution in [1.29, 1.82) is 0 Å². The number of benzene rings is 2. The lowest BCUT2D eigenvalue weighted by Crippen LogP contribution is -2.59. The van der Waals surface area contributed by atoms with Gasteiger partial charge in [0.05, 0.1) is 13.8 Å². The number of nitrogens with zero attached hydrogens (tertiary/aromatic N) is 2. The highest BCUT2D eigenvalue weighted by Gasteiger charge is 2.52. The SMILES string of the molecule is CC(OC(=O)N1CCC([C@@H]2C(=O)O[C@@H](c3ccccc3)C(c3ccccc3)N2C(=O)OC(C)(C)C)CC1)[Si](C)(C)C. The third kappa shape index (κ3) is 7.31. The molecule has 0 radical (unpaired) electrons. The van der Waals surface area contributed by atoms with Crippen molar-refractivity contribution in [1.82, 2.24) is 9.80 Å². The molecule has 2 aromatic rings. The van der Waals surface area contributed by atoms with Crippen molar-refractivity contribution in [2.75, 3.05) is 13.1 Å². The summed E-state index contributed by atoms with van der Waals surface area (Å²) in [4.78, 5) is 44.0. The van der Waals surface area contributed by atoms with Gasteiger partial charge in [0.15, 0.2) is 6.10 Å². The Morgan fingerprint density at radius 1 is 0.878 bits per heavy atom. The van der Waals surface area contributed by atoms with Gasteiger partial charge in [-0.2, -0.15) is 0 Å². The highest BCUT2D eigenvalue weighted by atomic mass is 28.3. The topological polar surface area (TPSA) is 85.4 Å². The largest absolute Gasteiger partial charge is 0.453 e. The maximum absolute atomic E-state index is 14.0. The summed E-state index contributed by atoms with van der Waals surface area (Å²) >= 11 is 0. The summed E-state index contributed by atoms with van der Waals surface area (Å²) in [5, 5.41) is 0. The van der Waals surface area contributed by atoms with Crippen LogP contribution in [0.2, 0.25) is 19.6 Å². The standard InChI is InChI=1S/C32H44N2O6Si/c1-22(41(5,6)7)38-30(36)33-20-18-24(19-21-33)27-29(35)39-28(25-16-12-9-13-17-25)26(23-14-10-8-11-15-23)34(27)31(37)40-32(2,3)4/h8-17,22,24,26-28H,18-21H2,1-7H3/t22?,26?,27-,28+/m1/s1. The van der Waals surface area contributed by atoms with E-state index < -0.39 is 43.9 Å². The number of amides is 2. The van der Waals surface area contributed by atoms with Gasteiger partial charge in [-0.05, 0) is 57.6 Å². The summed E-state index contributed by atoms with van der Waals surface area (Å²) < 4.78 is 17.9. The number of morpholine rings is 1. The molecule has 2 heterocycles. The molecule has 2 fully saturated rings. The molecule has 2 aliphatic rings. The second-order valence-electron chi connectivity index (χ2n) is 13.2. The molecular formula is C32H44N2O6Si. The minimum Gasteiger partial charge on any atom is -0.453 e. The highest BCUT2D eigenvalue weighted by Crippen LogP contribution is 2.45. The van der Waals surface area contributed by atoms with E-state index in [1.807, 2.05) is 88.4 Å². The fourth-order valence-corrected chi connectivity index (χ4v) is 5.79. The molecule has 2 amide bonds. The molecule has 8 nitrogen and oxygen atoms in total. The maximum atomic E-state index is 14.0. The molecule has 0 N–H and O–H groups in total. The quantitative estimate of drug-likeness (QED) is 0.221. The predicted octanol–water partition coefficient (Wildman–Crippen LogP) is 6.75. The minimum atomic E-state index is -1.64. The number of likely N-dealkylation sites (tertiary alicyclic amines) is 1. The second kappa shape index (κ2) is 12.3. The molecule has 4 rings (SSSR count). The smallest absolute Gasteiger partial charge is 0.411 e. The van der Waals surface area contributed by atoms with Crippen LogP contribution in [0.4, 0.5) is 9.59 Å². The third-order valence-electron chi connectivity index (χ3n) is 7.99. The van der Waals surface area contributed by atoms with Crippen molar-refractivity contribution < 1.29 is 28.6 Å². The Bertz CT molecular complexity index is 1200. The maximum Gasteiger partial charge on any atom is 0.411 e. The number of rotatable bonds is 5. The van der Waals surface area contributed by atoms with Gasteiger partial charge < -0.3 is 19.1 Å². The summed E-state index contributed by atoms with van der Waals surface area (Å²) in [6.07, 6.45) is -0.507. The Morgan fingerprint density at radius 2 is 1.41 bits per heavy atom. The molecule has 0 aromatic heterocycles. The zero-order valence-electron chi connectivity index (χ0n) is 25.3. The number of carbonyl (C=O) groups excluding carboxylic acids is 3. The zero-order chi connectivity index (χ0) is 29.9. The number of cyclic esters (lactones) is 1. The van der Waals surface area contributed by atoms with E-state index in [4.69, 9.17) is 14.2 Å². The molecule has 2 aliphatic heterocycles. The van der Waals surface area contributed by atoms with Crippen LogP contribution < -0.4 is 0 Å². The molecule has 41 heavy (non-hydrogen) atoms. The van der Waals surface area contributed by atoms with E-state index in [-0.39, 0.29) is 17.7 Å². The molecule has 0 saturated carbocycles. The monoisotopic (exact) mass is 580 g/mol. The first-order valence-electron chi connectivity index (χ1n) is 14.5. The summed E-state index contributed by atoms with van der Waals surface area (Å²) in [7, 11) is -1.64. The molecule has 9 heteroatoms. The van der Waals surface area contributed by atoms with E-state index in [9.17, 15) is 14.4 Å². The molecular weight excluding hydrogens is 536 g/mol. The molecule has 2 aromatic carbocycles. The van der Waals surface area contributed by atoms with Gasteiger partial charge in [-0.3, -0.25) is 4.90 Å². The molecule has 0 spiro atoms. The van der Waals surface area contributed by atoms with Crippen LogP contribution in [0.3, 0.4) is 0 Å². The van der Waals surface area contributed by atoms with Gasteiger partial charge in [0.1, 0.15) is 17.7 Å². The molecule has 222 valence electrons. The van der Waals surface area contributed by atoms with E-state index in [2.05, 4.69) is 19.6 Å². The molecule has 0 bridgehead atoms. The van der Waals surface area contributed by atoms with Crippen molar-refractivity contribution in [3.05, 3.63) is 71.8 Å². The number of hydrogen-bond acceptors (Lipinski definition) is 6. The van der Waals surface area contributed by atoms with E-state index in [1.165, 1.54) is 0 Å². The predicted molar refractivity (Wildman–Crippen MR) is 160 cm³/mol. The van der Waals surface area contributed by atoms with E-state index >= 15 is 0 Å². The summed E-state index contributed by atoms with van der Waals surface area (Å²) in [6, 6.07) is 17.7. The van der Waals surface area contributed by atoms with E-state index in [0.29, 0.717) is 25.9 Å². The Morgan fingerprint density at radius 3 is 1.93 bits per heavy atom. The Labute approximate surface area is 245 Å². The van der Waals surface area contributed by atoms with Crippen molar-refractivity contribution in [3.63, 3.8) is 0 Å². The van der Waals surface area contributed by atoms with Gasteiger partial charge in [-0.25, -0.2) is 14.4 Å². The number of carbonyl (C=O) groups is 3. The van der Waals surface area contributed by atoms with Crippen LogP contribution in [0.1, 0.15) is 63.8 Å². The molecule has 0 aliphatic carbocycles. The van der Waals surface area contributed by atoms with E-state index in [0.717, 1.165) is 11.1 Å². The Balaban J connectivity index is 1.65. The van der Waals surface area contributed by atoms with Crippen molar-refractivity contribution >= 4 is 26.2 Å². The molecule has 2 unspecified atom stereocenters. The van der Waals surface area contributed by atoms with Gasteiger partial charge >= 0.3 is 18.2 Å². The summed E-state index contributed by atoms with van der Waals surface area (Å²) in [5.74, 6) is -0.665. The zero-order valence-corrected chi connectivity index (χ0v) is 26.3. The first-order valence-corrected chi connectivity index (χ1v) is 18.1. The average molecular weight is 581 g/mol. The number of esters is 1. The van der Waals surface area contributed by atoms with Crippen LogP contribution in [0.25, 0.3) is 0 Å². The lowest BCUT2D eigenvalue weighted by atomic mass is 9.83. The fraction of sp³-hybridized carbons (Fsp3) is 0.531. The average Bonchev–Trinajstić information content (AvgIpc) is 2.92. The van der Waals surface area contributed by atoms with Crippen LogP contribution in [0, 0.1) is 5.92 Å². The Hall–Kier alpha value is -3.33. The van der Waals surface area contributed by atoms with Gasteiger partial charge in [0.2, 0.25) is 0 Å². The van der Waals surface area contributed by atoms with Crippen molar-refractivity contribution in [2.45, 2.75) is 89.7 Å². The summed E-state index contributed by atoms with van der Waals surface area (Å²) in [5.41, 5.74) is 0.791. The third-order valence-corrected chi connectivity index (χ3v) is 10.5. The lowest BCUT2D eigenvalue weighted by Gasteiger charge is -2.48. The number of hydrogen-bond donors (Lipinski definition) is 0. The van der Waals surface area contributed by atoms with Crippen LogP contribution in [0.15, 0.2) is 60.7 Å². The van der Waals surface area contributed by atoms with Crippen molar-refractivity contribution in [2.24, 2.45) is 5.92 Å². The minimum absolute atomic E-state index is 0.106. The molecule has 4 atom stereocenters. The van der Waals surface area contributed by atoms with Gasteiger partial charge in [-0.1, -0.05) is 80.3 Å². The second-order valence-corrected chi connectivity index (χ2v) is 18.7. The van der Waals surface area contributed by atoms with E-state index in [1.54, 1.807) is 9.80 Å². The number of piperidine rings is 1. The van der Waals surface area contributed by atoms with Gasteiger partial charge in [-0.15, -0.1) is 0 Å². The van der Waals surface area contributed by atoms with Crippen LogP contribution in [-0.4, -0.2) is 66.5 Å². The van der Waals surface area contributed by atoms with Crippen LogP contribution >= 0.6 is 0 Å². The summed E-state index contributed by atoms with van der Waals surface area (Å²) in [6.45, 7) is 14.8. The number of ether oxygens (including phenoxy) is 3. The molecule has 2 saturated heterocycles. The first kappa shape index (κ1) is 30.6. The van der Waals surface area contributed by atoms with Gasteiger partial charge in [0, 0.05) is 13.1 Å². The van der Waals surface area contributed by atoms with Crippen LogP contribution in [0.5, 0.6) is 0 Å². The lowest BCUT2D eigenvalue weighted by molar-refractivity contribution is -0.179. The highest BCUT2D eigenvalue weighted by molar-refractivity contribution is 6.77. The van der Waals surface area contributed by atoms with Crippen LogP contribution in [-0.2, 0) is 19.0 Å². The normalized spacial score (nSPS) is 23.0. The van der Waals surface area contributed by atoms with Crippen molar-refractivity contribution in [3.8, 4) is 0 Å². The fourth-order valence-electron chi connectivity index (χ4n) is 5.33. The first-order chi connectivity index (χ1) is 19.3. The van der Waals surface area contributed by atoms with Gasteiger partial charge in [0.25, 0.3) is 0 Å². The Kier molecular flexibility index (Phi) is 9.16.